The lowest BCUT2D eigenvalue weighted by Gasteiger charge is -2.32. The van der Waals surface area contributed by atoms with Crippen LogP contribution in [0.1, 0.15) is 61.3 Å². The average molecular weight is 716 g/mol. The van der Waals surface area contributed by atoms with Crippen molar-refractivity contribution in [2.45, 2.75) is 76.4 Å². The van der Waals surface area contributed by atoms with Gasteiger partial charge in [0.05, 0.1) is 29.3 Å². The fourth-order valence-electron chi connectivity index (χ4n) is 6.37. The summed E-state index contributed by atoms with van der Waals surface area (Å²) in [5.41, 5.74) is -2.33. The highest BCUT2D eigenvalue weighted by Gasteiger charge is 2.40. The molecule has 0 unspecified atom stereocenters. The van der Waals surface area contributed by atoms with Crippen LogP contribution in [0.15, 0.2) is 36.8 Å². The Labute approximate surface area is 283 Å². The van der Waals surface area contributed by atoms with Crippen LogP contribution in [0.2, 0.25) is 5.02 Å². The zero-order chi connectivity index (χ0) is 35.5. The van der Waals surface area contributed by atoms with Crippen molar-refractivity contribution in [2.75, 3.05) is 40.9 Å². The minimum atomic E-state index is -5.01. The van der Waals surface area contributed by atoms with Crippen molar-refractivity contribution in [1.29, 1.82) is 0 Å². The van der Waals surface area contributed by atoms with E-state index < -0.39 is 41.4 Å². The van der Waals surface area contributed by atoms with Gasteiger partial charge in [-0.25, -0.2) is 15.0 Å². The molecule has 17 heteroatoms. The molecule has 2 N–H and O–H groups in total. The number of aromatic nitrogens is 4. The summed E-state index contributed by atoms with van der Waals surface area (Å²) >= 11 is 6.62. The Bertz CT molecular complexity index is 1570. The van der Waals surface area contributed by atoms with Gasteiger partial charge in [-0.2, -0.15) is 31.3 Å². The van der Waals surface area contributed by atoms with Crippen LogP contribution in [0.25, 0.3) is 0 Å². The molecule has 266 valence electrons. The average Bonchev–Trinajstić information content (AvgIpc) is 3.50. The van der Waals surface area contributed by atoms with Crippen molar-refractivity contribution >= 4 is 35.3 Å². The lowest BCUT2D eigenvalue weighted by Crippen LogP contribution is -2.39. The largest absolute Gasteiger partial charge is 0.481 e. The number of halogens is 7. The van der Waals surface area contributed by atoms with E-state index in [-0.39, 0.29) is 48.3 Å². The third kappa shape index (κ3) is 8.63. The maximum atomic E-state index is 13.8. The number of nitrogens with zero attached hydrogens (tertiary/aromatic N) is 7. The fraction of sp³-hybridized carbons (Fsp3) is 0.531. The van der Waals surface area contributed by atoms with E-state index >= 15 is 0 Å². The molecule has 10 nitrogen and oxygen atoms in total. The third-order valence-electron chi connectivity index (χ3n) is 8.99. The van der Waals surface area contributed by atoms with Crippen LogP contribution in [0.4, 0.5) is 44.1 Å². The number of hydrogen-bond acceptors (Lipinski definition) is 9. The molecule has 49 heavy (non-hydrogen) atoms. The third-order valence-corrected chi connectivity index (χ3v) is 9.26. The standard InChI is InChI=1S/C32H36ClF6N7O3/c1-2-24-13-25(18-45(24)27-26(33)16-42-30(43-27)44-7-5-21(6-8-44)28(48)49)46(29-40-14-19(15-41-29)4-3-9-47)17-20-10-22(31(34,35)36)12-23(11-20)32(37,38)39/h10-12,14-16,21,24-25,47H,2-9,13,17-18H2,1H3,(H,48,49)/t24-,25+/m1/s1. The predicted molar refractivity (Wildman–Crippen MR) is 170 cm³/mol. The molecule has 2 fully saturated rings. The molecule has 0 bridgehead atoms. The number of benzene rings is 1. The number of hydrogen-bond donors (Lipinski definition) is 2. The van der Waals surface area contributed by atoms with Gasteiger partial charge < -0.3 is 24.9 Å². The molecule has 3 aromatic rings. The van der Waals surface area contributed by atoms with E-state index in [1.807, 2.05) is 16.7 Å². The topological polar surface area (TPSA) is 119 Å². The van der Waals surface area contributed by atoms with Crippen molar-refractivity contribution in [3.05, 3.63) is 64.1 Å². The van der Waals surface area contributed by atoms with Gasteiger partial charge in [-0.05, 0) is 67.9 Å². The van der Waals surface area contributed by atoms with Crippen molar-refractivity contribution in [2.24, 2.45) is 5.92 Å². The number of alkyl halides is 6. The molecule has 4 heterocycles. The van der Waals surface area contributed by atoms with Crippen molar-refractivity contribution < 1.29 is 41.4 Å². The van der Waals surface area contributed by atoms with Gasteiger partial charge in [0, 0.05) is 51.2 Å². The van der Waals surface area contributed by atoms with E-state index in [4.69, 9.17) is 16.6 Å². The number of carboxylic acids is 1. The Kier molecular flexibility index (Phi) is 11.1. The number of aliphatic hydroxyl groups is 1. The Hall–Kier alpha value is -3.92. The molecule has 0 amide bonds. The normalized spacial score (nSPS) is 19.0. The number of aliphatic carboxylic acids is 1. The first-order chi connectivity index (χ1) is 23.2. The second-order valence-electron chi connectivity index (χ2n) is 12.3. The van der Waals surface area contributed by atoms with Gasteiger partial charge in [-0.3, -0.25) is 4.79 Å². The molecular formula is C32H36ClF6N7O3. The highest BCUT2D eigenvalue weighted by atomic mass is 35.5. The molecule has 0 radical (unpaired) electrons. The first kappa shape index (κ1) is 36.4. The summed E-state index contributed by atoms with van der Waals surface area (Å²) in [5, 5.41) is 18.8. The van der Waals surface area contributed by atoms with Gasteiger partial charge >= 0.3 is 18.3 Å². The molecular weight excluding hydrogens is 680 g/mol. The van der Waals surface area contributed by atoms with Crippen molar-refractivity contribution in [3.63, 3.8) is 0 Å². The molecule has 0 aliphatic carbocycles. The zero-order valence-corrected chi connectivity index (χ0v) is 27.3. The summed E-state index contributed by atoms with van der Waals surface area (Å²) in [6, 6.07) is 0.884. The van der Waals surface area contributed by atoms with Crippen LogP contribution in [0, 0.1) is 5.92 Å². The number of rotatable bonds is 11. The molecule has 1 aromatic carbocycles. The van der Waals surface area contributed by atoms with Gasteiger partial charge in [0.25, 0.3) is 0 Å². The zero-order valence-electron chi connectivity index (χ0n) is 26.6. The first-order valence-electron chi connectivity index (χ1n) is 15.9. The van der Waals surface area contributed by atoms with Gasteiger partial charge in [-0.15, -0.1) is 0 Å². The molecule has 2 aliphatic heterocycles. The summed E-state index contributed by atoms with van der Waals surface area (Å²) in [4.78, 5) is 34.9. The van der Waals surface area contributed by atoms with Crippen LogP contribution >= 0.6 is 11.6 Å². The number of piperidine rings is 1. The van der Waals surface area contributed by atoms with Crippen molar-refractivity contribution in [1.82, 2.24) is 19.9 Å². The molecule has 2 saturated heterocycles. The maximum Gasteiger partial charge on any atom is 0.416 e. The number of carbonyl (C=O) groups is 1. The highest BCUT2D eigenvalue weighted by molar-refractivity contribution is 6.32. The molecule has 2 aromatic heterocycles. The lowest BCUT2D eigenvalue weighted by molar-refractivity contribution is -0.144. The fourth-order valence-corrected chi connectivity index (χ4v) is 6.57. The molecule has 0 saturated carbocycles. The van der Waals surface area contributed by atoms with E-state index in [1.54, 1.807) is 4.90 Å². The molecule has 0 spiro atoms. The Morgan fingerprint density at radius 2 is 1.61 bits per heavy atom. The minimum absolute atomic E-state index is 0.0464. The SMILES string of the molecule is CC[C@@H]1C[C@H](N(Cc2cc(C(F)(F)F)cc(C(F)(F)F)c2)c2ncc(CCCO)cn2)CN1c1nc(N2CCC(C(=O)O)CC2)ncc1Cl. The number of anilines is 3. The summed E-state index contributed by atoms with van der Waals surface area (Å²) in [5.74, 6) is -0.382. The summed E-state index contributed by atoms with van der Waals surface area (Å²) in [6.45, 7) is 2.68. The Morgan fingerprint density at radius 1 is 0.980 bits per heavy atom. The Balaban J connectivity index is 1.48. The molecule has 5 rings (SSSR count). The lowest BCUT2D eigenvalue weighted by atomic mass is 9.97. The van der Waals surface area contributed by atoms with Crippen LogP contribution < -0.4 is 14.7 Å². The number of aryl methyl sites for hydroxylation is 1. The van der Waals surface area contributed by atoms with Gasteiger partial charge in [-0.1, -0.05) is 18.5 Å². The van der Waals surface area contributed by atoms with Gasteiger partial charge in [0.15, 0.2) is 5.82 Å². The maximum absolute atomic E-state index is 13.8. The minimum Gasteiger partial charge on any atom is -0.481 e. The monoisotopic (exact) mass is 715 g/mol. The second-order valence-corrected chi connectivity index (χ2v) is 12.7. The number of aliphatic hydroxyl groups excluding tert-OH is 1. The summed E-state index contributed by atoms with van der Waals surface area (Å²) in [7, 11) is 0. The number of carboxylic acid groups (broad SMARTS) is 1. The van der Waals surface area contributed by atoms with E-state index in [1.165, 1.54) is 18.6 Å². The molecule has 2 atom stereocenters. The van der Waals surface area contributed by atoms with E-state index in [2.05, 4.69) is 15.0 Å². The van der Waals surface area contributed by atoms with E-state index in [0.717, 1.165) is 0 Å². The van der Waals surface area contributed by atoms with Crippen LogP contribution in [0.5, 0.6) is 0 Å². The van der Waals surface area contributed by atoms with Gasteiger partial charge in [0.1, 0.15) is 5.02 Å². The quantitative estimate of drug-likeness (QED) is 0.221. The first-order valence-corrected chi connectivity index (χ1v) is 16.3. The summed E-state index contributed by atoms with van der Waals surface area (Å²) < 4.78 is 82.5. The van der Waals surface area contributed by atoms with Crippen LogP contribution in [-0.4, -0.2) is 74.4 Å². The highest BCUT2D eigenvalue weighted by Crippen LogP contribution is 2.39. The van der Waals surface area contributed by atoms with Gasteiger partial charge in [0.2, 0.25) is 11.9 Å². The van der Waals surface area contributed by atoms with E-state index in [9.17, 15) is 41.4 Å². The Morgan fingerprint density at radius 3 is 2.16 bits per heavy atom. The smallest absolute Gasteiger partial charge is 0.416 e. The summed E-state index contributed by atoms with van der Waals surface area (Å²) in [6.07, 6.45) is -2.62. The molecule has 2 aliphatic rings. The van der Waals surface area contributed by atoms with Crippen LogP contribution in [0.3, 0.4) is 0 Å². The predicted octanol–water partition coefficient (Wildman–Crippen LogP) is 6.25. The van der Waals surface area contributed by atoms with Crippen molar-refractivity contribution in [3.8, 4) is 0 Å². The second kappa shape index (κ2) is 14.9. The van der Waals surface area contributed by atoms with E-state index in [0.29, 0.717) is 81.1 Å². The van der Waals surface area contributed by atoms with Crippen LogP contribution in [-0.2, 0) is 30.1 Å².